The Labute approximate surface area is 128 Å². The van der Waals surface area contributed by atoms with Gasteiger partial charge in [0.05, 0.1) is 19.3 Å². The van der Waals surface area contributed by atoms with Crippen molar-refractivity contribution in [2.24, 2.45) is 0 Å². The number of thioether (sulfide) groups is 1. The third-order valence-electron chi connectivity index (χ3n) is 2.72. The number of nitrogens with zero attached hydrogens (tertiary/aromatic N) is 1. The van der Waals surface area contributed by atoms with Gasteiger partial charge >= 0.3 is 5.97 Å². The normalized spacial score (nSPS) is 10.2. The summed E-state index contributed by atoms with van der Waals surface area (Å²) in [6.07, 6.45) is 0.224. The van der Waals surface area contributed by atoms with E-state index in [2.05, 4.69) is 4.74 Å². The van der Waals surface area contributed by atoms with Gasteiger partial charge in [0, 0.05) is 23.0 Å². The molecule has 0 saturated heterocycles. The van der Waals surface area contributed by atoms with Crippen LogP contribution < -0.4 is 0 Å². The molecule has 0 N–H and O–H groups in total. The van der Waals surface area contributed by atoms with Gasteiger partial charge in [-0.05, 0) is 31.2 Å². The fourth-order valence-electron chi connectivity index (χ4n) is 1.55. The Morgan fingerprint density at radius 1 is 1.30 bits per heavy atom. The van der Waals surface area contributed by atoms with Gasteiger partial charge in [-0.15, -0.1) is 11.8 Å². The van der Waals surface area contributed by atoms with Crippen LogP contribution in [0.2, 0.25) is 5.02 Å². The number of rotatable bonds is 7. The minimum Gasteiger partial charge on any atom is -0.469 e. The van der Waals surface area contributed by atoms with Crippen molar-refractivity contribution < 1.29 is 14.3 Å². The van der Waals surface area contributed by atoms with E-state index in [0.29, 0.717) is 23.9 Å². The quantitative estimate of drug-likeness (QED) is 0.573. The van der Waals surface area contributed by atoms with Crippen molar-refractivity contribution in [1.82, 2.24) is 4.90 Å². The fraction of sp³-hybridized carbons (Fsp3) is 0.429. The third-order valence-corrected chi connectivity index (χ3v) is 3.97. The number of benzene rings is 1. The topological polar surface area (TPSA) is 46.6 Å². The maximum absolute atomic E-state index is 12.0. The van der Waals surface area contributed by atoms with Gasteiger partial charge in [0.15, 0.2) is 0 Å². The molecule has 0 aromatic heterocycles. The highest BCUT2D eigenvalue weighted by Crippen LogP contribution is 2.20. The number of carbonyl (C=O) groups is 2. The first kappa shape index (κ1) is 16.9. The van der Waals surface area contributed by atoms with Crippen LogP contribution in [0.15, 0.2) is 29.2 Å². The molecule has 0 fully saturated rings. The average Bonchev–Trinajstić information content (AvgIpc) is 2.47. The molecule has 0 bridgehead atoms. The van der Waals surface area contributed by atoms with Crippen LogP contribution in [0.25, 0.3) is 0 Å². The van der Waals surface area contributed by atoms with Crippen LogP contribution in [0.4, 0.5) is 0 Å². The molecule has 0 radical (unpaired) electrons. The maximum Gasteiger partial charge on any atom is 0.307 e. The highest BCUT2D eigenvalue weighted by molar-refractivity contribution is 8.00. The molecule has 4 nitrogen and oxygen atoms in total. The number of hydrogen-bond acceptors (Lipinski definition) is 4. The van der Waals surface area contributed by atoms with Gasteiger partial charge in [-0.25, -0.2) is 0 Å². The second-order valence-corrected chi connectivity index (χ2v) is 5.53. The van der Waals surface area contributed by atoms with Gasteiger partial charge in [-0.1, -0.05) is 11.6 Å². The van der Waals surface area contributed by atoms with Crippen molar-refractivity contribution in [1.29, 1.82) is 0 Å². The van der Waals surface area contributed by atoms with Crippen LogP contribution in [0.5, 0.6) is 0 Å². The second kappa shape index (κ2) is 8.87. The molecule has 0 atom stereocenters. The number of hydrogen-bond donors (Lipinski definition) is 0. The summed E-state index contributed by atoms with van der Waals surface area (Å²) < 4.78 is 4.57. The van der Waals surface area contributed by atoms with Crippen molar-refractivity contribution in [3.05, 3.63) is 29.3 Å². The average molecular weight is 316 g/mol. The van der Waals surface area contributed by atoms with E-state index < -0.39 is 0 Å². The molecule has 1 aromatic carbocycles. The van der Waals surface area contributed by atoms with Crippen LogP contribution in [-0.2, 0) is 14.3 Å². The summed E-state index contributed by atoms with van der Waals surface area (Å²) in [5.41, 5.74) is 0. The highest BCUT2D eigenvalue weighted by Gasteiger charge is 2.13. The minimum absolute atomic E-state index is 0.0105. The van der Waals surface area contributed by atoms with Gasteiger partial charge in [-0.3, -0.25) is 9.59 Å². The molecule has 6 heteroatoms. The number of amides is 1. The molecule has 1 amide bonds. The van der Waals surface area contributed by atoms with Crippen LogP contribution in [0.1, 0.15) is 13.3 Å². The van der Waals surface area contributed by atoms with Crippen LogP contribution in [-0.4, -0.2) is 42.7 Å². The molecule has 0 spiro atoms. The SMILES string of the molecule is CCN(CCC(=O)OC)C(=O)CSc1ccc(Cl)cc1. The third kappa shape index (κ3) is 5.84. The van der Waals surface area contributed by atoms with Crippen molar-refractivity contribution in [3.8, 4) is 0 Å². The smallest absolute Gasteiger partial charge is 0.307 e. The van der Waals surface area contributed by atoms with Crippen molar-refractivity contribution in [2.45, 2.75) is 18.2 Å². The molecule has 0 aliphatic rings. The van der Waals surface area contributed by atoms with E-state index in [9.17, 15) is 9.59 Å². The monoisotopic (exact) mass is 315 g/mol. The summed E-state index contributed by atoms with van der Waals surface area (Å²) in [6.45, 7) is 2.86. The van der Waals surface area contributed by atoms with Gasteiger partial charge in [0.25, 0.3) is 0 Å². The standard InChI is InChI=1S/C14H18ClNO3S/c1-3-16(9-8-14(18)19-2)13(17)10-20-12-6-4-11(15)5-7-12/h4-7H,3,8-10H2,1-2H3. The zero-order valence-electron chi connectivity index (χ0n) is 11.6. The van der Waals surface area contributed by atoms with E-state index in [1.807, 2.05) is 19.1 Å². The predicted octanol–water partition coefficient (Wildman–Crippen LogP) is 2.84. The molecule has 20 heavy (non-hydrogen) atoms. The lowest BCUT2D eigenvalue weighted by atomic mass is 10.3. The molecule has 0 aliphatic carbocycles. The van der Waals surface area contributed by atoms with E-state index in [1.165, 1.54) is 18.9 Å². The Morgan fingerprint density at radius 2 is 1.95 bits per heavy atom. The summed E-state index contributed by atoms with van der Waals surface area (Å²) in [4.78, 5) is 25.8. The summed E-state index contributed by atoms with van der Waals surface area (Å²) >= 11 is 7.26. The highest BCUT2D eigenvalue weighted by atomic mass is 35.5. The molecule has 0 unspecified atom stereocenters. The van der Waals surface area contributed by atoms with Crippen LogP contribution in [0.3, 0.4) is 0 Å². The van der Waals surface area contributed by atoms with Gasteiger partial charge in [0.1, 0.15) is 0 Å². The lowest BCUT2D eigenvalue weighted by molar-refractivity contribution is -0.141. The Kier molecular flexibility index (Phi) is 7.47. The number of halogens is 1. The lowest BCUT2D eigenvalue weighted by Gasteiger charge is -2.20. The molecule has 110 valence electrons. The first-order valence-corrected chi connectivity index (χ1v) is 7.66. The van der Waals surface area contributed by atoms with Gasteiger partial charge < -0.3 is 9.64 Å². The first-order chi connectivity index (χ1) is 9.56. The Bertz CT molecular complexity index is 450. The summed E-state index contributed by atoms with van der Waals surface area (Å²) in [7, 11) is 1.34. The molecule has 1 rings (SSSR count). The summed E-state index contributed by atoms with van der Waals surface area (Å²) in [6, 6.07) is 7.35. The van der Waals surface area contributed by atoms with Gasteiger partial charge in [-0.2, -0.15) is 0 Å². The number of methoxy groups -OCH3 is 1. The molecule has 0 heterocycles. The Balaban J connectivity index is 2.42. The van der Waals surface area contributed by atoms with Crippen molar-refractivity contribution in [3.63, 3.8) is 0 Å². The zero-order valence-corrected chi connectivity index (χ0v) is 13.2. The Hall–Kier alpha value is -1.20. The molecular formula is C14H18ClNO3S. The summed E-state index contributed by atoms with van der Waals surface area (Å²) in [5.74, 6) is 0.0503. The van der Waals surface area contributed by atoms with E-state index in [-0.39, 0.29) is 18.3 Å². The van der Waals surface area contributed by atoms with Gasteiger partial charge in [0.2, 0.25) is 5.91 Å². The van der Waals surface area contributed by atoms with Crippen LogP contribution in [0, 0.1) is 0 Å². The Morgan fingerprint density at radius 3 is 2.50 bits per heavy atom. The molecule has 0 saturated carbocycles. The lowest BCUT2D eigenvalue weighted by Crippen LogP contribution is -2.34. The number of esters is 1. The predicted molar refractivity (Wildman–Crippen MR) is 81.1 cm³/mol. The van der Waals surface area contributed by atoms with E-state index in [0.717, 1.165) is 4.90 Å². The van der Waals surface area contributed by atoms with E-state index >= 15 is 0 Å². The minimum atomic E-state index is -0.304. The van der Waals surface area contributed by atoms with Crippen molar-refractivity contribution in [2.75, 3.05) is 26.0 Å². The molecule has 0 aliphatic heterocycles. The van der Waals surface area contributed by atoms with E-state index in [4.69, 9.17) is 11.6 Å². The van der Waals surface area contributed by atoms with E-state index in [1.54, 1.807) is 17.0 Å². The maximum atomic E-state index is 12.0. The second-order valence-electron chi connectivity index (χ2n) is 4.04. The zero-order chi connectivity index (χ0) is 15.0. The van der Waals surface area contributed by atoms with Crippen LogP contribution >= 0.6 is 23.4 Å². The first-order valence-electron chi connectivity index (χ1n) is 6.29. The number of carbonyl (C=O) groups excluding carboxylic acids is 2. The largest absolute Gasteiger partial charge is 0.469 e. The summed E-state index contributed by atoms with van der Waals surface area (Å²) in [5, 5.41) is 0.675. The number of ether oxygens (including phenoxy) is 1. The fourth-order valence-corrected chi connectivity index (χ4v) is 2.48. The molecule has 1 aromatic rings. The van der Waals surface area contributed by atoms with Crippen molar-refractivity contribution >= 4 is 35.2 Å². The molecular weight excluding hydrogens is 298 g/mol.